The van der Waals surface area contributed by atoms with Crippen molar-refractivity contribution in [2.45, 2.75) is 19.3 Å². The van der Waals surface area contributed by atoms with Gasteiger partial charge in [0.2, 0.25) is 5.91 Å². The lowest BCUT2D eigenvalue weighted by Crippen LogP contribution is -2.40. The molecule has 0 saturated carbocycles. The summed E-state index contributed by atoms with van der Waals surface area (Å²) in [6, 6.07) is 18.6. The van der Waals surface area contributed by atoms with Crippen LogP contribution in [0.4, 0.5) is 0 Å². The van der Waals surface area contributed by atoms with E-state index < -0.39 is 0 Å². The third kappa shape index (κ3) is 6.19. The van der Waals surface area contributed by atoms with E-state index in [1.807, 2.05) is 18.2 Å². The van der Waals surface area contributed by atoms with Gasteiger partial charge in [-0.2, -0.15) is 0 Å². The zero-order chi connectivity index (χ0) is 18.9. The van der Waals surface area contributed by atoms with Crippen LogP contribution in [0.3, 0.4) is 0 Å². The highest BCUT2D eigenvalue weighted by Gasteiger charge is 2.19. The number of nitrogens with zero attached hydrogens (tertiary/aromatic N) is 1. The van der Waals surface area contributed by atoms with Gasteiger partial charge in [-0.1, -0.05) is 54.6 Å². The van der Waals surface area contributed by atoms with E-state index in [2.05, 4.69) is 46.6 Å². The highest BCUT2D eigenvalue weighted by atomic mass is 16.5. The predicted molar refractivity (Wildman–Crippen MR) is 110 cm³/mol. The molecule has 2 aromatic rings. The van der Waals surface area contributed by atoms with Gasteiger partial charge in [0.15, 0.2) is 0 Å². The minimum atomic E-state index is 0.115. The normalized spacial score (nSPS) is 15.6. The second kappa shape index (κ2) is 10.2. The molecule has 0 unspecified atom stereocenters. The SMILES string of the molecule is COCCN1CCC(CNC(=O)Cc2ccc(-c3ccccc3)cc2)CC1. The fourth-order valence-electron chi connectivity index (χ4n) is 3.59. The average molecular weight is 367 g/mol. The van der Waals surface area contributed by atoms with E-state index in [0.717, 1.165) is 51.2 Å². The van der Waals surface area contributed by atoms with Crippen molar-refractivity contribution in [2.75, 3.05) is 39.9 Å². The molecule has 144 valence electrons. The Hall–Kier alpha value is -2.17. The van der Waals surface area contributed by atoms with Gasteiger partial charge in [-0.05, 0) is 48.5 Å². The Morgan fingerprint density at radius 1 is 1.04 bits per heavy atom. The maximum Gasteiger partial charge on any atom is 0.224 e. The van der Waals surface area contributed by atoms with Crippen LogP contribution in [0.5, 0.6) is 0 Å². The Kier molecular flexibility index (Phi) is 7.43. The summed E-state index contributed by atoms with van der Waals surface area (Å²) in [6.45, 7) is 4.80. The summed E-state index contributed by atoms with van der Waals surface area (Å²) in [5.41, 5.74) is 3.44. The highest BCUT2D eigenvalue weighted by Crippen LogP contribution is 2.19. The second-order valence-electron chi connectivity index (χ2n) is 7.32. The molecule has 1 aliphatic rings. The minimum Gasteiger partial charge on any atom is -0.383 e. The summed E-state index contributed by atoms with van der Waals surface area (Å²) < 4.78 is 5.14. The standard InChI is InChI=1S/C23H30N2O2/c1-27-16-15-25-13-11-20(12-14-25)18-24-23(26)17-19-7-9-22(10-8-19)21-5-3-2-4-6-21/h2-10,20H,11-18H2,1H3,(H,24,26). The van der Waals surface area contributed by atoms with E-state index in [4.69, 9.17) is 4.74 Å². The molecule has 0 atom stereocenters. The van der Waals surface area contributed by atoms with Gasteiger partial charge in [-0.25, -0.2) is 0 Å². The van der Waals surface area contributed by atoms with E-state index in [-0.39, 0.29) is 5.91 Å². The topological polar surface area (TPSA) is 41.6 Å². The quantitative estimate of drug-likeness (QED) is 0.779. The molecule has 27 heavy (non-hydrogen) atoms. The first-order valence-electron chi connectivity index (χ1n) is 9.87. The fraction of sp³-hybridized carbons (Fsp3) is 0.435. The molecule has 0 aromatic heterocycles. The summed E-state index contributed by atoms with van der Waals surface area (Å²) >= 11 is 0. The number of nitrogens with one attached hydrogen (secondary N) is 1. The molecule has 3 rings (SSSR count). The monoisotopic (exact) mass is 366 g/mol. The molecule has 1 fully saturated rings. The molecule has 4 heteroatoms. The van der Waals surface area contributed by atoms with Crippen molar-refractivity contribution in [2.24, 2.45) is 5.92 Å². The van der Waals surface area contributed by atoms with Crippen LogP contribution >= 0.6 is 0 Å². The fourth-order valence-corrected chi connectivity index (χ4v) is 3.59. The number of carbonyl (C=O) groups is 1. The van der Waals surface area contributed by atoms with E-state index in [0.29, 0.717) is 12.3 Å². The first kappa shape index (κ1) is 19.6. The summed E-state index contributed by atoms with van der Waals surface area (Å²) in [4.78, 5) is 14.7. The number of hydrogen-bond donors (Lipinski definition) is 1. The van der Waals surface area contributed by atoms with Crippen LogP contribution in [-0.2, 0) is 16.0 Å². The lowest BCUT2D eigenvalue weighted by molar-refractivity contribution is -0.120. The minimum absolute atomic E-state index is 0.115. The van der Waals surface area contributed by atoms with Crippen molar-refractivity contribution in [3.05, 3.63) is 60.2 Å². The third-order valence-electron chi connectivity index (χ3n) is 5.33. The Morgan fingerprint density at radius 3 is 2.37 bits per heavy atom. The van der Waals surface area contributed by atoms with Crippen LogP contribution in [0.15, 0.2) is 54.6 Å². The van der Waals surface area contributed by atoms with Gasteiger partial charge in [-0.3, -0.25) is 4.79 Å². The van der Waals surface area contributed by atoms with Crippen molar-refractivity contribution in [1.29, 1.82) is 0 Å². The number of amides is 1. The zero-order valence-corrected chi connectivity index (χ0v) is 16.2. The Labute approximate surface area is 162 Å². The first-order valence-corrected chi connectivity index (χ1v) is 9.87. The third-order valence-corrected chi connectivity index (χ3v) is 5.33. The van der Waals surface area contributed by atoms with Gasteiger partial charge in [-0.15, -0.1) is 0 Å². The van der Waals surface area contributed by atoms with Crippen molar-refractivity contribution in [3.63, 3.8) is 0 Å². The lowest BCUT2D eigenvalue weighted by atomic mass is 9.96. The molecule has 1 aliphatic heterocycles. The summed E-state index contributed by atoms with van der Waals surface area (Å²) in [5.74, 6) is 0.706. The largest absolute Gasteiger partial charge is 0.383 e. The van der Waals surface area contributed by atoms with Crippen LogP contribution in [0.1, 0.15) is 18.4 Å². The van der Waals surface area contributed by atoms with Gasteiger partial charge < -0.3 is 15.0 Å². The number of benzene rings is 2. The molecule has 2 aromatic carbocycles. The van der Waals surface area contributed by atoms with Crippen LogP contribution < -0.4 is 5.32 Å². The maximum atomic E-state index is 12.3. The van der Waals surface area contributed by atoms with Gasteiger partial charge in [0.05, 0.1) is 13.0 Å². The molecule has 4 nitrogen and oxygen atoms in total. The molecule has 0 radical (unpaired) electrons. The number of rotatable bonds is 8. The molecule has 0 spiro atoms. The molecular weight excluding hydrogens is 336 g/mol. The zero-order valence-electron chi connectivity index (χ0n) is 16.2. The lowest BCUT2D eigenvalue weighted by Gasteiger charge is -2.31. The molecule has 1 heterocycles. The number of ether oxygens (including phenoxy) is 1. The maximum absolute atomic E-state index is 12.3. The number of carbonyl (C=O) groups excluding carboxylic acids is 1. The van der Waals surface area contributed by atoms with Crippen molar-refractivity contribution in [3.8, 4) is 11.1 Å². The van der Waals surface area contributed by atoms with Crippen molar-refractivity contribution >= 4 is 5.91 Å². The van der Waals surface area contributed by atoms with Gasteiger partial charge >= 0.3 is 0 Å². The van der Waals surface area contributed by atoms with E-state index in [9.17, 15) is 4.79 Å². The smallest absolute Gasteiger partial charge is 0.224 e. The van der Waals surface area contributed by atoms with Crippen LogP contribution in [0.2, 0.25) is 0 Å². The summed E-state index contributed by atoms with van der Waals surface area (Å²) in [5, 5.41) is 3.12. The predicted octanol–water partition coefficient (Wildman–Crippen LogP) is 3.37. The van der Waals surface area contributed by atoms with Gasteiger partial charge in [0.1, 0.15) is 0 Å². The Morgan fingerprint density at radius 2 is 1.70 bits per heavy atom. The molecule has 0 aliphatic carbocycles. The number of hydrogen-bond acceptors (Lipinski definition) is 3. The van der Waals surface area contributed by atoms with Gasteiger partial charge in [0.25, 0.3) is 0 Å². The molecular formula is C23H30N2O2. The van der Waals surface area contributed by atoms with Crippen molar-refractivity contribution < 1.29 is 9.53 Å². The molecule has 0 bridgehead atoms. The van der Waals surface area contributed by atoms with Gasteiger partial charge in [0, 0.05) is 20.2 Å². The first-order chi connectivity index (χ1) is 13.2. The van der Waals surface area contributed by atoms with Crippen LogP contribution in [-0.4, -0.2) is 50.7 Å². The van der Waals surface area contributed by atoms with Crippen molar-refractivity contribution in [1.82, 2.24) is 10.2 Å². The summed E-state index contributed by atoms with van der Waals surface area (Å²) in [6.07, 6.45) is 2.74. The molecule has 1 saturated heterocycles. The van der Waals surface area contributed by atoms with Crippen LogP contribution in [0, 0.1) is 5.92 Å². The summed E-state index contributed by atoms with van der Waals surface area (Å²) in [7, 11) is 1.75. The Balaban J connectivity index is 1.40. The Bertz CT molecular complexity index is 692. The van der Waals surface area contributed by atoms with E-state index in [1.54, 1.807) is 7.11 Å². The second-order valence-corrected chi connectivity index (χ2v) is 7.32. The number of methoxy groups -OCH3 is 1. The molecule has 1 amide bonds. The van der Waals surface area contributed by atoms with Crippen LogP contribution in [0.25, 0.3) is 11.1 Å². The number of piperidine rings is 1. The molecule has 1 N–H and O–H groups in total. The van der Waals surface area contributed by atoms with E-state index in [1.165, 1.54) is 11.1 Å². The number of likely N-dealkylation sites (tertiary alicyclic amines) is 1. The average Bonchev–Trinajstić information content (AvgIpc) is 2.73. The van der Waals surface area contributed by atoms with E-state index >= 15 is 0 Å². The highest BCUT2D eigenvalue weighted by molar-refractivity contribution is 5.78.